The highest BCUT2D eigenvalue weighted by molar-refractivity contribution is 5.85. The van der Waals surface area contributed by atoms with Crippen LogP contribution in [0, 0.1) is 0 Å². The van der Waals surface area contributed by atoms with Gasteiger partial charge in [0, 0.05) is 32.2 Å². The number of halogens is 1. The monoisotopic (exact) mass is 326 g/mol. The number of carbonyl (C=O) groups excluding carboxylic acids is 1. The number of hydrogen-bond acceptors (Lipinski definition) is 3. The molecule has 0 radical (unpaired) electrons. The Morgan fingerprint density at radius 1 is 1.27 bits per heavy atom. The summed E-state index contributed by atoms with van der Waals surface area (Å²) in [5.41, 5.74) is 6.98. The number of ether oxygens (including phenoxy) is 1. The molecule has 2 N–H and O–H groups in total. The number of nitrogens with two attached hydrogens (primary N) is 1. The van der Waals surface area contributed by atoms with Crippen LogP contribution in [0.3, 0.4) is 0 Å². The van der Waals surface area contributed by atoms with Gasteiger partial charge in [0.2, 0.25) is 5.91 Å². The summed E-state index contributed by atoms with van der Waals surface area (Å²) in [5, 5.41) is 0. The number of carbonyl (C=O) groups is 1. The van der Waals surface area contributed by atoms with Gasteiger partial charge in [-0.1, -0.05) is 30.3 Å². The van der Waals surface area contributed by atoms with Crippen LogP contribution in [0.15, 0.2) is 30.3 Å². The van der Waals surface area contributed by atoms with Gasteiger partial charge in [0.1, 0.15) is 0 Å². The fourth-order valence-electron chi connectivity index (χ4n) is 2.81. The second kappa shape index (κ2) is 10.6. The maximum Gasteiger partial charge on any atom is 0.222 e. The zero-order chi connectivity index (χ0) is 14.9. The van der Waals surface area contributed by atoms with E-state index >= 15 is 0 Å². The molecule has 1 fully saturated rings. The molecule has 1 saturated heterocycles. The summed E-state index contributed by atoms with van der Waals surface area (Å²) in [6, 6.07) is 10.6. The van der Waals surface area contributed by atoms with Crippen LogP contribution in [0.25, 0.3) is 0 Å². The molecule has 4 nitrogen and oxygen atoms in total. The van der Waals surface area contributed by atoms with E-state index in [1.165, 1.54) is 5.56 Å². The topological polar surface area (TPSA) is 55.6 Å². The average molecular weight is 327 g/mol. The first-order valence-electron chi connectivity index (χ1n) is 7.92. The van der Waals surface area contributed by atoms with Crippen LogP contribution in [0.5, 0.6) is 0 Å². The molecule has 2 rings (SSSR count). The summed E-state index contributed by atoms with van der Waals surface area (Å²) in [7, 11) is 0. The number of amides is 1. The van der Waals surface area contributed by atoms with Crippen molar-refractivity contribution in [3.05, 3.63) is 35.9 Å². The molecule has 1 aromatic carbocycles. The van der Waals surface area contributed by atoms with Gasteiger partial charge < -0.3 is 15.4 Å². The van der Waals surface area contributed by atoms with Crippen molar-refractivity contribution in [2.75, 3.05) is 26.3 Å². The molecule has 0 saturated carbocycles. The number of benzene rings is 1. The first-order chi connectivity index (χ1) is 10.3. The second-order valence-electron chi connectivity index (χ2n) is 5.57. The fraction of sp³-hybridized carbons (Fsp3) is 0.588. The second-order valence-corrected chi connectivity index (χ2v) is 5.57. The van der Waals surface area contributed by atoms with Crippen molar-refractivity contribution in [2.45, 2.75) is 38.1 Å². The van der Waals surface area contributed by atoms with E-state index < -0.39 is 0 Å². The Balaban J connectivity index is 0.00000242. The van der Waals surface area contributed by atoms with Crippen LogP contribution in [-0.2, 0) is 16.0 Å². The lowest BCUT2D eigenvalue weighted by atomic mass is 10.2. The van der Waals surface area contributed by atoms with Gasteiger partial charge in [-0.15, -0.1) is 12.4 Å². The van der Waals surface area contributed by atoms with E-state index in [0.29, 0.717) is 26.2 Å². The fourth-order valence-corrected chi connectivity index (χ4v) is 2.81. The Kier molecular flexibility index (Phi) is 9.13. The molecule has 0 aromatic heterocycles. The van der Waals surface area contributed by atoms with Crippen LogP contribution in [0.2, 0.25) is 0 Å². The Bertz CT molecular complexity index is 428. The minimum absolute atomic E-state index is 0. The zero-order valence-corrected chi connectivity index (χ0v) is 13.9. The summed E-state index contributed by atoms with van der Waals surface area (Å²) in [6.45, 7) is 2.82. The lowest BCUT2D eigenvalue weighted by Gasteiger charge is -2.23. The smallest absolute Gasteiger partial charge is 0.222 e. The van der Waals surface area contributed by atoms with Gasteiger partial charge in [-0.25, -0.2) is 0 Å². The summed E-state index contributed by atoms with van der Waals surface area (Å²) in [5.74, 6) is 0.231. The van der Waals surface area contributed by atoms with Crippen molar-refractivity contribution in [3.8, 4) is 0 Å². The quantitative estimate of drug-likeness (QED) is 0.746. The van der Waals surface area contributed by atoms with Crippen molar-refractivity contribution in [1.82, 2.24) is 4.90 Å². The Labute approximate surface area is 139 Å². The number of rotatable bonds is 8. The maximum absolute atomic E-state index is 12.1. The van der Waals surface area contributed by atoms with Gasteiger partial charge in [0.15, 0.2) is 0 Å². The van der Waals surface area contributed by atoms with E-state index in [0.717, 1.165) is 32.2 Å². The van der Waals surface area contributed by atoms with Gasteiger partial charge in [0.05, 0.1) is 6.61 Å². The van der Waals surface area contributed by atoms with Crippen LogP contribution < -0.4 is 5.73 Å². The van der Waals surface area contributed by atoms with Crippen molar-refractivity contribution in [2.24, 2.45) is 5.73 Å². The summed E-state index contributed by atoms with van der Waals surface area (Å²) >= 11 is 0. The van der Waals surface area contributed by atoms with Crippen LogP contribution >= 0.6 is 12.4 Å². The van der Waals surface area contributed by atoms with Crippen molar-refractivity contribution in [3.63, 3.8) is 0 Å². The third-order valence-corrected chi connectivity index (χ3v) is 4.03. The SMILES string of the molecule is Cl.NCC1CCCN1C(=O)CCCOCCc1ccccc1. The largest absolute Gasteiger partial charge is 0.381 e. The van der Waals surface area contributed by atoms with Gasteiger partial charge in [-0.05, 0) is 31.2 Å². The van der Waals surface area contributed by atoms with E-state index in [2.05, 4.69) is 12.1 Å². The molecule has 0 bridgehead atoms. The van der Waals surface area contributed by atoms with E-state index in [1.54, 1.807) is 0 Å². The van der Waals surface area contributed by atoms with E-state index in [-0.39, 0.29) is 24.4 Å². The molecule has 1 amide bonds. The lowest BCUT2D eigenvalue weighted by molar-refractivity contribution is -0.132. The third-order valence-electron chi connectivity index (χ3n) is 4.03. The maximum atomic E-state index is 12.1. The predicted octanol–water partition coefficient (Wildman–Crippen LogP) is 2.40. The molecule has 124 valence electrons. The van der Waals surface area contributed by atoms with Crippen molar-refractivity contribution in [1.29, 1.82) is 0 Å². The van der Waals surface area contributed by atoms with Gasteiger partial charge in [0.25, 0.3) is 0 Å². The summed E-state index contributed by atoms with van der Waals surface area (Å²) in [6.07, 6.45) is 4.43. The molecule has 1 atom stereocenters. The molecule has 22 heavy (non-hydrogen) atoms. The third kappa shape index (κ3) is 5.95. The van der Waals surface area contributed by atoms with E-state index in [9.17, 15) is 4.79 Å². The average Bonchev–Trinajstić information content (AvgIpc) is 3.00. The summed E-state index contributed by atoms with van der Waals surface area (Å²) in [4.78, 5) is 14.0. The molecule has 0 aliphatic carbocycles. The predicted molar refractivity (Wildman–Crippen MR) is 91.2 cm³/mol. The molecule has 1 aliphatic heterocycles. The van der Waals surface area contributed by atoms with Gasteiger partial charge in [-0.3, -0.25) is 4.79 Å². The minimum Gasteiger partial charge on any atom is -0.381 e. The van der Waals surface area contributed by atoms with Crippen molar-refractivity contribution < 1.29 is 9.53 Å². The number of likely N-dealkylation sites (tertiary alicyclic amines) is 1. The first-order valence-corrected chi connectivity index (χ1v) is 7.92. The van der Waals surface area contributed by atoms with E-state index in [4.69, 9.17) is 10.5 Å². The normalized spacial score (nSPS) is 17.3. The molecule has 1 aliphatic rings. The molecule has 0 spiro atoms. The highest BCUT2D eigenvalue weighted by atomic mass is 35.5. The number of hydrogen-bond donors (Lipinski definition) is 1. The van der Waals surface area contributed by atoms with Gasteiger partial charge >= 0.3 is 0 Å². The molecule has 5 heteroatoms. The minimum atomic E-state index is 0. The molecular weight excluding hydrogens is 300 g/mol. The Morgan fingerprint density at radius 3 is 2.77 bits per heavy atom. The first kappa shape index (κ1) is 18.9. The molecular formula is C17H27ClN2O2. The van der Waals surface area contributed by atoms with Crippen molar-refractivity contribution >= 4 is 18.3 Å². The molecule has 1 unspecified atom stereocenters. The Morgan fingerprint density at radius 2 is 2.05 bits per heavy atom. The van der Waals surface area contributed by atoms with Crippen LogP contribution in [-0.4, -0.2) is 43.2 Å². The standard InChI is InChI=1S/C17H26N2O2.ClH/c18-14-16-8-4-11-19(16)17(20)9-5-12-21-13-10-15-6-2-1-3-7-15;/h1-3,6-7,16H,4-5,8-14,18H2;1H. The zero-order valence-electron chi connectivity index (χ0n) is 13.1. The summed E-state index contributed by atoms with van der Waals surface area (Å²) < 4.78 is 5.61. The van der Waals surface area contributed by atoms with Gasteiger partial charge in [-0.2, -0.15) is 0 Å². The highest BCUT2D eigenvalue weighted by Gasteiger charge is 2.26. The molecule has 1 heterocycles. The molecule has 1 aromatic rings. The Hall–Kier alpha value is -1.10. The number of nitrogens with zero attached hydrogens (tertiary/aromatic N) is 1. The lowest BCUT2D eigenvalue weighted by Crippen LogP contribution is -2.39. The van der Waals surface area contributed by atoms with Crippen LogP contribution in [0.4, 0.5) is 0 Å². The van der Waals surface area contributed by atoms with Crippen LogP contribution in [0.1, 0.15) is 31.2 Å². The highest BCUT2D eigenvalue weighted by Crippen LogP contribution is 2.17. The van der Waals surface area contributed by atoms with E-state index in [1.807, 2.05) is 23.1 Å².